The summed E-state index contributed by atoms with van der Waals surface area (Å²) in [7, 11) is -3.20. The smallest absolute Gasteiger partial charge is 0.243 e. The van der Waals surface area contributed by atoms with Gasteiger partial charge in [0.2, 0.25) is 5.91 Å². The van der Waals surface area contributed by atoms with E-state index < -0.39 is 27.9 Å². The summed E-state index contributed by atoms with van der Waals surface area (Å²) >= 11 is 0. The van der Waals surface area contributed by atoms with Gasteiger partial charge in [-0.2, -0.15) is 0 Å². The Morgan fingerprint density at radius 2 is 2.15 bits per heavy atom. The fourth-order valence-corrected chi connectivity index (χ4v) is 2.95. The maximum atomic E-state index is 11.0. The molecule has 0 spiro atoms. The molecule has 13 heavy (non-hydrogen) atoms. The van der Waals surface area contributed by atoms with E-state index in [1.54, 1.807) is 0 Å². The number of carbonyl (C=O) groups is 1. The molecule has 0 bridgehead atoms. The Kier molecular flexibility index (Phi) is 2.72. The lowest BCUT2D eigenvalue weighted by molar-refractivity contribution is -0.117. The molecule has 0 aromatic heterocycles. The van der Waals surface area contributed by atoms with Crippen molar-refractivity contribution in [2.24, 2.45) is 0 Å². The van der Waals surface area contributed by atoms with Crippen molar-refractivity contribution in [1.82, 2.24) is 5.32 Å². The molecular weight excluding hydrogens is 194 g/mol. The van der Waals surface area contributed by atoms with Gasteiger partial charge in [0.05, 0.1) is 23.7 Å². The molecular formula is C7H11NO4S. The molecule has 0 aliphatic carbocycles. The fraction of sp³-hybridized carbons (Fsp3) is 0.571. The van der Waals surface area contributed by atoms with Crippen LogP contribution in [-0.2, 0) is 14.6 Å². The van der Waals surface area contributed by atoms with Crippen molar-refractivity contribution in [2.45, 2.75) is 12.1 Å². The van der Waals surface area contributed by atoms with Crippen molar-refractivity contribution in [3.05, 3.63) is 12.7 Å². The molecule has 0 aromatic rings. The van der Waals surface area contributed by atoms with Gasteiger partial charge in [-0.25, -0.2) is 8.42 Å². The summed E-state index contributed by atoms with van der Waals surface area (Å²) in [5.41, 5.74) is 0. The SMILES string of the molecule is C=CC(=O)N[C@H]1CS(=O)(=O)C[C@H]1O. The fourth-order valence-electron chi connectivity index (χ4n) is 1.21. The standard InChI is InChI=1S/C7H11NO4S/c1-2-7(10)8-5-3-13(11,12)4-6(5)9/h2,5-6,9H,1,3-4H2,(H,8,10)/t5-,6+/m0/s1. The Morgan fingerprint density at radius 1 is 1.54 bits per heavy atom. The minimum Gasteiger partial charge on any atom is -0.390 e. The van der Waals surface area contributed by atoms with E-state index in [9.17, 15) is 18.3 Å². The third-order valence-corrected chi connectivity index (χ3v) is 3.55. The number of aliphatic hydroxyl groups excluding tert-OH is 1. The van der Waals surface area contributed by atoms with Crippen molar-refractivity contribution >= 4 is 15.7 Å². The number of sulfone groups is 1. The molecule has 6 heteroatoms. The first kappa shape index (κ1) is 10.2. The maximum absolute atomic E-state index is 11.0. The summed E-state index contributed by atoms with van der Waals surface area (Å²) in [5, 5.41) is 11.6. The Bertz CT molecular complexity index is 321. The highest BCUT2D eigenvalue weighted by Crippen LogP contribution is 2.12. The molecule has 1 aliphatic heterocycles. The molecule has 5 nitrogen and oxygen atoms in total. The van der Waals surface area contributed by atoms with Crippen LogP contribution >= 0.6 is 0 Å². The zero-order valence-corrected chi connectivity index (χ0v) is 7.75. The van der Waals surface area contributed by atoms with E-state index in [-0.39, 0.29) is 11.5 Å². The van der Waals surface area contributed by atoms with E-state index in [1.165, 1.54) is 0 Å². The minimum absolute atomic E-state index is 0.201. The number of carbonyl (C=O) groups excluding carboxylic acids is 1. The summed E-state index contributed by atoms with van der Waals surface area (Å²) in [5.74, 6) is -0.954. The quantitative estimate of drug-likeness (QED) is 0.534. The summed E-state index contributed by atoms with van der Waals surface area (Å²) in [6, 6.07) is -0.699. The lowest BCUT2D eigenvalue weighted by Gasteiger charge is -2.12. The van der Waals surface area contributed by atoms with Gasteiger partial charge in [-0.1, -0.05) is 6.58 Å². The second-order valence-corrected chi connectivity index (χ2v) is 5.12. The van der Waals surface area contributed by atoms with E-state index in [4.69, 9.17) is 0 Å². The van der Waals surface area contributed by atoms with Crippen LogP contribution in [0.25, 0.3) is 0 Å². The molecule has 0 unspecified atom stereocenters. The summed E-state index contributed by atoms with van der Waals surface area (Å²) in [6.07, 6.45) is 0.0337. The Morgan fingerprint density at radius 3 is 2.54 bits per heavy atom. The Balaban J connectivity index is 2.63. The van der Waals surface area contributed by atoms with Crippen LogP contribution in [-0.4, -0.2) is 43.1 Å². The second-order valence-electron chi connectivity index (χ2n) is 2.96. The Hall–Kier alpha value is -0.880. The molecule has 74 valence electrons. The minimum atomic E-state index is -3.20. The van der Waals surface area contributed by atoms with Crippen LogP contribution < -0.4 is 5.32 Å². The highest BCUT2D eigenvalue weighted by Gasteiger charge is 2.36. The molecule has 2 N–H and O–H groups in total. The van der Waals surface area contributed by atoms with Crippen LogP contribution in [0.4, 0.5) is 0 Å². The number of hydrogen-bond acceptors (Lipinski definition) is 4. The van der Waals surface area contributed by atoms with E-state index in [1.807, 2.05) is 0 Å². The van der Waals surface area contributed by atoms with E-state index in [2.05, 4.69) is 11.9 Å². The van der Waals surface area contributed by atoms with Gasteiger partial charge in [0.25, 0.3) is 0 Å². The molecule has 1 amide bonds. The number of amides is 1. The Labute approximate surface area is 76.4 Å². The van der Waals surface area contributed by atoms with Crippen LogP contribution in [0.15, 0.2) is 12.7 Å². The van der Waals surface area contributed by atoms with Crippen LogP contribution in [0.3, 0.4) is 0 Å². The lowest BCUT2D eigenvalue weighted by atomic mass is 10.2. The van der Waals surface area contributed by atoms with Crippen LogP contribution in [0.5, 0.6) is 0 Å². The predicted octanol–water partition coefficient (Wildman–Crippen LogP) is -1.55. The summed E-state index contributed by atoms with van der Waals surface area (Å²) in [4.78, 5) is 10.8. The first-order valence-electron chi connectivity index (χ1n) is 3.76. The van der Waals surface area contributed by atoms with Gasteiger partial charge in [0, 0.05) is 0 Å². The van der Waals surface area contributed by atoms with Crippen molar-refractivity contribution in [3.63, 3.8) is 0 Å². The third kappa shape index (κ3) is 2.53. The number of aliphatic hydroxyl groups is 1. The number of hydrogen-bond donors (Lipinski definition) is 2. The molecule has 1 rings (SSSR count). The van der Waals surface area contributed by atoms with Crippen molar-refractivity contribution in [3.8, 4) is 0 Å². The van der Waals surface area contributed by atoms with Gasteiger partial charge in [-0.15, -0.1) is 0 Å². The molecule has 0 aromatic carbocycles. The van der Waals surface area contributed by atoms with Crippen molar-refractivity contribution in [1.29, 1.82) is 0 Å². The van der Waals surface area contributed by atoms with Gasteiger partial charge in [0.15, 0.2) is 9.84 Å². The third-order valence-electron chi connectivity index (χ3n) is 1.84. The van der Waals surface area contributed by atoms with Gasteiger partial charge in [0.1, 0.15) is 0 Å². The first-order valence-corrected chi connectivity index (χ1v) is 5.58. The predicted molar refractivity (Wildman–Crippen MR) is 46.8 cm³/mol. The van der Waals surface area contributed by atoms with Crippen molar-refractivity contribution in [2.75, 3.05) is 11.5 Å². The van der Waals surface area contributed by atoms with Crippen LogP contribution in [0.2, 0.25) is 0 Å². The maximum Gasteiger partial charge on any atom is 0.243 e. The second kappa shape index (κ2) is 3.47. The van der Waals surface area contributed by atoms with Crippen LogP contribution in [0, 0.1) is 0 Å². The average molecular weight is 205 g/mol. The van der Waals surface area contributed by atoms with E-state index in [0.717, 1.165) is 6.08 Å². The van der Waals surface area contributed by atoms with Gasteiger partial charge >= 0.3 is 0 Å². The largest absolute Gasteiger partial charge is 0.390 e. The van der Waals surface area contributed by atoms with Crippen molar-refractivity contribution < 1.29 is 18.3 Å². The van der Waals surface area contributed by atoms with Gasteiger partial charge < -0.3 is 10.4 Å². The summed E-state index contributed by atoms with van der Waals surface area (Å²) in [6.45, 7) is 3.22. The highest BCUT2D eigenvalue weighted by atomic mass is 32.2. The molecule has 1 heterocycles. The van der Waals surface area contributed by atoms with Gasteiger partial charge in [-0.3, -0.25) is 4.79 Å². The van der Waals surface area contributed by atoms with Gasteiger partial charge in [-0.05, 0) is 6.08 Å². The average Bonchev–Trinajstić information content (AvgIpc) is 2.24. The lowest BCUT2D eigenvalue weighted by Crippen LogP contribution is -2.41. The molecule has 0 saturated carbocycles. The zero-order chi connectivity index (χ0) is 10.1. The van der Waals surface area contributed by atoms with E-state index >= 15 is 0 Å². The summed E-state index contributed by atoms with van der Waals surface area (Å²) < 4.78 is 22.0. The first-order chi connectivity index (χ1) is 5.94. The molecule has 1 aliphatic rings. The molecule has 0 radical (unpaired) electrons. The van der Waals surface area contributed by atoms with Crippen LogP contribution in [0.1, 0.15) is 0 Å². The normalized spacial score (nSPS) is 31.2. The molecule has 1 saturated heterocycles. The zero-order valence-electron chi connectivity index (χ0n) is 6.93. The molecule has 2 atom stereocenters. The number of nitrogens with one attached hydrogen (secondary N) is 1. The topological polar surface area (TPSA) is 83.5 Å². The number of rotatable bonds is 2. The monoisotopic (exact) mass is 205 g/mol. The highest BCUT2D eigenvalue weighted by molar-refractivity contribution is 7.91. The van der Waals surface area contributed by atoms with E-state index in [0.29, 0.717) is 0 Å². The molecule has 1 fully saturated rings.